The molecule has 0 atom stereocenters. The lowest BCUT2D eigenvalue weighted by Crippen LogP contribution is -2.34. The summed E-state index contributed by atoms with van der Waals surface area (Å²) >= 11 is 12.0. The van der Waals surface area contributed by atoms with Crippen LogP contribution in [0.2, 0.25) is 10.3 Å². The molecular weight excluding hydrogens is 321 g/mol. The van der Waals surface area contributed by atoms with Crippen molar-refractivity contribution in [1.82, 2.24) is 15.0 Å². The van der Waals surface area contributed by atoms with Crippen molar-refractivity contribution in [3.63, 3.8) is 0 Å². The molecule has 1 saturated carbocycles. The van der Waals surface area contributed by atoms with Crippen molar-refractivity contribution in [3.05, 3.63) is 34.6 Å². The molecule has 0 bridgehead atoms. The molecule has 22 heavy (non-hydrogen) atoms. The summed E-state index contributed by atoms with van der Waals surface area (Å²) in [5, 5.41) is 0.804. The van der Waals surface area contributed by atoms with Gasteiger partial charge in [-0.2, -0.15) is 15.0 Å². The van der Waals surface area contributed by atoms with Gasteiger partial charge in [-0.1, -0.05) is 30.9 Å². The average Bonchev–Trinajstić information content (AvgIpc) is 2.50. The summed E-state index contributed by atoms with van der Waals surface area (Å²) in [4.78, 5) is 14.5. The first-order chi connectivity index (χ1) is 10.6. The zero-order valence-corrected chi connectivity index (χ0v) is 13.6. The summed E-state index contributed by atoms with van der Waals surface area (Å²) < 4.78 is 0. The number of rotatable bonds is 3. The Morgan fingerprint density at radius 2 is 1.64 bits per heavy atom. The summed E-state index contributed by atoms with van der Waals surface area (Å²) in [5.74, 6) is 0.622. The lowest BCUT2D eigenvalue weighted by Gasteiger charge is -2.34. The summed E-state index contributed by atoms with van der Waals surface area (Å²) in [6.45, 7) is 0. The van der Waals surface area contributed by atoms with Crippen LogP contribution in [0.3, 0.4) is 0 Å². The van der Waals surface area contributed by atoms with Crippen molar-refractivity contribution < 1.29 is 0 Å². The Morgan fingerprint density at radius 1 is 0.955 bits per heavy atom. The molecule has 2 N–H and O–H groups in total. The molecule has 1 fully saturated rings. The van der Waals surface area contributed by atoms with Gasteiger partial charge < -0.3 is 10.6 Å². The van der Waals surface area contributed by atoms with Gasteiger partial charge in [0.2, 0.25) is 17.2 Å². The maximum Gasteiger partial charge on any atom is 0.236 e. The highest BCUT2D eigenvalue weighted by Gasteiger charge is 2.25. The molecule has 0 aliphatic heterocycles. The van der Waals surface area contributed by atoms with E-state index >= 15 is 0 Å². The van der Waals surface area contributed by atoms with E-state index in [4.69, 9.17) is 28.9 Å². The van der Waals surface area contributed by atoms with E-state index in [1.165, 1.54) is 19.3 Å². The lowest BCUT2D eigenvalue weighted by atomic mass is 9.94. The van der Waals surface area contributed by atoms with Crippen LogP contribution in [-0.4, -0.2) is 21.0 Å². The summed E-state index contributed by atoms with van der Waals surface area (Å²) in [7, 11) is 0. The molecule has 1 aliphatic carbocycles. The van der Waals surface area contributed by atoms with Crippen molar-refractivity contribution in [2.45, 2.75) is 38.1 Å². The number of nitrogens with two attached hydrogens (primary N) is 1. The van der Waals surface area contributed by atoms with Crippen molar-refractivity contribution in [3.8, 4) is 0 Å². The van der Waals surface area contributed by atoms with Crippen LogP contribution < -0.4 is 10.6 Å². The third kappa shape index (κ3) is 3.42. The van der Waals surface area contributed by atoms with E-state index in [0.717, 1.165) is 18.5 Å². The number of halogens is 2. The van der Waals surface area contributed by atoms with Crippen LogP contribution in [-0.2, 0) is 0 Å². The van der Waals surface area contributed by atoms with Crippen LogP contribution in [0.5, 0.6) is 0 Å². The largest absolute Gasteiger partial charge is 0.368 e. The molecule has 1 aromatic carbocycles. The third-order valence-electron chi connectivity index (χ3n) is 3.87. The SMILES string of the molecule is Nc1nc(Cl)nc(N(c2ccc(Cl)cc2)C2CCCCC2)n1. The Labute approximate surface area is 139 Å². The molecule has 116 valence electrons. The standard InChI is InChI=1S/C15H17Cl2N5/c16-10-6-8-12(9-7-10)22(11-4-2-1-3-5-11)15-20-13(17)19-14(18)21-15/h6-9,11H,1-5H2,(H2,18,19,20,21). The number of aromatic nitrogens is 3. The van der Waals surface area contributed by atoms with Gasteiger partial charge >= 0.3 is 0 Å². The number of nitrogens with zero attached hydrogens (tertiary/aromatic N) is 4. The Morgan fingerprint density at radius 3 is 2.27 bits per heavy atom. The second-order valence-electron chi connectivity index (χ2n) is 5.40. The maximum atomic E-state index is 6.00. The topological polar surface area (TPSA) is 67.9 Å². The fourth-order valence-corrected chi connectivity index (χ4v) is 3.18. The van der Waals surface area contributed by atoms with Gasteiger partial charge in [0.15, 0.2) is 0 Å². The fourth-order valence-electron chi connectivity index (χ4n) is 2.89. The molecular formula is C15H17Cl2N5. The van der Waals surface area contributed by atoms with Crippen molar-refractivity contribution in [2.24, 2.45) is 0 Å². The number of anilines is 3. The van der Waals surface area contributed by atoms with Crippen LogP contribution in [0, 0.1) is 0 Å². The Bertz CT molecular complexity index is 621. The second-order valence-corrected chi connectivity index (χ2v) is 6.18. The number of hydrogen-bond acceptors (Lipinski definition) is 5. The molecule has 0 unspecified atom stereocenters. The van der Waals surface area contributed by atoms with Crippen molar-refractivity contribution >= 4 is 40.8 Å². The van der Waals surface area contributed by atoms with Crippen LogP contribution in [0.15, 0.2) is 24.3 Å². The first kappa shape index (κ1) is 15.3. The minimum Gasteiger partial charge on any atom is -0.368 e. The molecule has 0 amide bonds. The van der Waals surface area contributed by atoms with Gasteiger partial charge in [-0.05, 0) is 48.7 Å². The van der Waals surface area contributed by atoms with Gasteiger partial charge in [0.05, 0.1) is 0 Å². The first-order valence-electron chi connectivity index (χ1n) is 7.35. The highest BCUT2D eigenvalue weighted by molar-refractivity contribution is 6.30. The van der Waals surface area contributed by atoms with Crippen LogP contribution >= 0.6 is 23.2 Å². The lowest BCUT2D eigenvalue weighted by molar-refractivity contribution is 0.432. The van der Waals surface area contributed by atoms with Gasteiger partial charge in [-0.25, -0.2) is 0 Å². The quantitative estimate of drug-likeness (QED) is 0.907. The summed E-state index contributed by atoms with van der Waals surface area (Å²) in [6, 6.07) is 7.97. The van der Waals surface area contributed by atoms with Crippen LogP contribution in [0.1, 0.15) is 32.1 Å². The van der Waals surface area contributed by atoms with Crippen LogP contribution in [0.25, 0.3) is 0 Å². The molecule has 1 heterocycles. The smallest absolute Gasteiger partial charge is 0.236 e. The van der Waals surface area contributed by atoms with E-state index in [1.54, 1.807) is 0 Å². The van der Waals surface area contributed by atoms with E-state index in [1.807, 2.05) is 24.3 Å². The minimum absolute atomic E-state index is 0.109. The number of benzene rings is 1. The zero-order valence-electron chi connectivity index (χ0n) is 12.0. The van der Waals surface area contributed by atoms with E-state index in [-0.39, 0.29) is 11.2 Å². The van der Waals surface area contributed by atoms with E-state index in [0.29, 0.717) is 17.0 Å². The van der Waals surface area contributed by atoms with E-state index < -0.39 is 0 Å². The molecule has 3 rings (SSSR count). The highest BCUT2D eigenvalue weighted by Crippen LogP contribution is 2.33. The number of hydrogen-bond donors (Lipinski definition) is 1. The van der Waals surface area contributed by atoms with E-state index in [9.17, 15) is 0 Å². The van der Waals surface area contributed by atoms with Gasteiger partial charge in [0.25, 0.3) is 0 Å². The molecule has 0 spiro atoms. The van der Waals surface area contributed by atoms with Crippen molar-refractivity contribution in [1.29, 1.82) is 0 Å². The molecule has 0 saturated heterocycles. The number of nitrogen functional groups attached to an aromatic ring is 1. The normalized spacial score (nSPS) is 15.7. The van der Waals surface area contributed by atoms with E-state index in [2.05, 4.69) is 19.9 Å². The fraction of sp³-hybridized carbons (Fsp3) is 0.400. The Hall–Kier alpha value is -1.59. The molecule has 5 nitrogen and oxygen atoms in total. The summed E-state index contributed by atoms with van der Waals surface area (Å²) in [6.07, 6.45) is 5.84. The molecule has 1 aromatic heterocycles. The first-order valence-corrected chi connectivity index (χ1v) is 8.11. The Kier molecular flexibility index (Phi) is 4.64. The molecule has 7 heteroatoms. The van der Waals surface area contributed by atoms with Gasteiger partial charge in [-0.3, -0.25) is 0 Å². The van der Waals surface area contributed by atoms with Crippen molar-refractivity contribution in [2.75, 3.05) is 10.6 Å². The predicted octanol–water partition coefficient (Wildman–Crippen LogP) is 4.23. The van der Waals surface area contributed by atoms with Gasteiger partial charge in [0, 0.05) is 16.8 Å². The van der Waals surface area contributed by atoms with Gasteiger partial charge in [0.1, 0.15) is 0 Å². The third-order valence-corrected chi connectivity index (χ3v) is 4.29. The second kappa shape index (κ2) is 6.67. The van der Waals surface area contributed by atoms with Crippen LogP contribution in [0.4, 0.5) is 17.6 Å². The molecule has 2 aromatic rings. The average molecular weight is 338 g/mol. The monoisotopic (exact) mass is 337 g/mol. The molecule has 0 radical (unpaired) electrons. The minimum atomic E-state index is 0.109. The maximum absolute atomic E-state index is 6.00. The van der Waals surface area contributed by atoms with Gasteiger partial charge in [-0.15, -0.1) is 0 Å². The zero-order chi connectivity index (χ0) is 15.5. The predicted molar refractivity (Wildman–Crippen MR) is 89.7 cm³/mol. The summed E-state index contributed by atoms with van der Waals surface area (Å²) in [5.41, 5.74) is 6.72. The Balaban J connectivity index is 2.03. The highest BCUT2D eigenvalue weighted by atomic mass is 35.5. The molecule has 1 aliphatic rings.